The topological polar surface area (TPSA) is 32.9 Å². The molecule has 0 bridgehead atoms. The molecule has 0 unspecified atom stereocenters. The van der Waals surface area contributed by atoms with Crippen molar-refractivity contribution in [2.24, 2.45) is 0 Å². The summed E-state index contributed by atoms with van der Waals surface area (Å²) in [7, 11) is 0. The molecular weight excluding hydrogens is 205 g/mol. The summed E-state index contributed by atoms with van der Waals surface area (Å²) in [6.07, 6.45) is 0. The highest BCUT2D eigenvalue weighted by Crippen LogP contribution is 2.20. The van der Waals surface area contributed by atoms with Gasteiger partial charge in [0.15, 0.2) is 0 Å². The summed E-state index contributed by atoms with van der Waals surface area (Å²) in [5, 5.41) is 0. The highest BCUT2D eigenvalue weighted by atomic mass is 19.1. The number of rotatable bonds is 1. The third kappa shape index (κ3) is 1.89. The molecule has 0 fully saturated rings. The van der Waals surface area contributed by atoms with Crippen LogP contribution in [-0.2, 0) is 0 Å². The minimum Gasteiger partial charge on any atom is -0.326 e. The maximum atomic E-state index is 13.7. The summed E-state index contributed by atoms with van der Waals surface area (Å²) >= 11 is 0. The molecule has 0 spiro atoms. The van der Waals surface area contributed by atoms with E-state index in [4.69, 9.17) is 0 Å². The molecule has 1 heterocycles. The standard InChI is InChI=1S/C13H12FNO/c1-8-3-5-10(12(14)7-8)11-6-4-9(2)15-13(11)16/h3-7H,1-2H3,(H,15,16). The number of hydrogen-bond donors (Lipinski definition) is 1. The second-order valence-corrected chi connectivity index (χ2v) is 3.87. The number of aromatic nitrogens is 1. The first-order chi connectivity index (χ1) is 7.58. The normalized spacial score (nSPS) is 10.4. The van der Waals surface area contributed by atoms with Crippen molar-refractivity contribution < 1.29 is 4.39 Å². The number of aryl methyl sites for hydroxylation is 2. The summed E-state index contributed by atoms with van der Waals surface area (Å²) in [5.74, 6) is -0.366. The van der Waals surface area contributed by atoms with Gasteiger partial charge >= 0.3 is 0 Å². The molecule has 1 aromatic heterocycles. The largest absolute Gasteiger partial charge is 0.326 e. The Morgan fingerprint density at radius 2 is 1.75 bits per heavy atom. The van der Waals surface area contributed by atoms with Crippen LogP contribution in [0, 0.1) is 19.7 Å². The van der Waals surface area contributed by atoms with E-state index in [0.717, 1.165) is 11.3 Å². The molecule has 0 aliphatic heterocycles. The molecule has 3 heteroatoms. The number of benzene rings is 1. The molecule has 0 aliphatic carbocycles. The summed E-state index contributed by atoms with van der Waals surface area (Å²) in [5.41, 5.74) is 2.05. The van der Waals surface area contributed by atoms with Gasteiger partial charge in [-0.05, 0) is 37.6 Å². The van der Waals surface area contributed by atoms with E-state index in [9.17, 15) is 9.18 Å². The lowest BCUT2D eigenvalue weighted by atomic mass is 10.0. The predicted octanol–water partition coefficient (Wildman–Crippen LogP) is 2.80. The maximum Gasteiger partial charge on any atom is 0.256 e. The molecule has 16 heavy (non-hydrogen) atoms. The van der Waals surface area contributed by atoms with Crippen molar-refractivity contribution in [1.29, 1.82) is 0 Å². The zero-order chi connectivity index (χ0) is 11.7. The monoisotopic (exact) mass is 217 g/mol. The van der Waals surface area contributed by atoms with Crippen molar-refractivity contribution in [3.8, 4) is 11.1 Å². The zero-order valence-electron chi connectivity index (χ0n) is 9.17. The molecule has 2 rings (SSSR count). The van der Waals surface area contributed by atoms with Crippen LogP contribution in [0.2, 0.25) is 0 Å². The molecule has 1 aromatic carbocycles. The van der Waals surface area contributed by atoms with E-state index in [1.54, 1.807) is 31.2 Å². The second-order valence-electron chi connectivity index (χ2n) is 3.87. The van der Waals surface area contributed by atoms with Crippen LogP contribution in [0.15, 0.2) is 35.1 Å². The van der Waals surface area contributed by atoms with Crippen molar-refractivity contribution >= 4 is 0 Å². The maximum absolute atomic E-state index is 13.7. The molecule has 2 nitrogen and oxygen atoms in total. The van der Waals surface area contributed by atoms with Gasteiger partial charge in [0.1, 0.15) is 5.82 Å². The van der Waals surface area contributed by atoms with Crippen LogP contribution in [0.25, 0.3) is 11.1 Å². The van der Waals surface area contributed by atoms with Crippen LogP contribution in [0.5, 0.6) is 0 Å². The quantitative estimate of drug-likeness (QED) is 0.782. The van der Waals surface area contributed by atoms with E-state index in [1.165, 1.54) is 6.07 Å². The SMILES string of the molecule is Cc1ccc(-c2ccc(C)[nH]c2=O)c(F)c1. The Morgan fingerprint density at radius 1 is 1.06 bits per heavy atom. The van der Waals surface area contributed by atoms with Gasteiger partial charge in [0, 0.05) is 16.8 Å². The van der Waals surface area contributed by atoms with E-state index in [2.05, 4.69) is 4.98 Å². The fourth-order valence-corrected chi connectivity index (χ4v) is 1.62. The fourth-order valence-electron chi connectivity index (χ4n) is 1.62. The van der Waals surface area contributed by atoms with Gasteiger partial charge in [0.2, 0.25) is 0 Å². The molecule has 0 saturated carbocycles. The second kappa shape index (κ2) is 3.93. The first-order valence-electron chi connectivity index (χ1n) is 5.04. The molecule has 82 valence electrons. The first-order valence-corrected chi connectivity index (χ1v) is 5.04. The van der Waals surface area contributed by atoms with Crippen molar-refractivity contribution in [2.75, 3.05) is 0 Å². The van der Waals surface area contributed by atoms with Crippen LogP contribution < -0.4 is 5.56 Å². The third-order valence-electron chi connectivity index (χ3n) is 2.47. The summed E-state index contributed by atoms with van der Waals surface area (Å²) in [6.45, 7) is 3.60. The first kappa shape index (κ1) is 10.6. The van der Waals surface area contributed by atoms with Crippen LogP contribution in [0.4, 0.5) is 4.39 Å². The number of H-pyrrole nitrogens is 1. The van der Waals surface area contributed by atoms with Gasteiger partial charge in [-0.15, -0.1) is 0 Å². The zero-order valence-corrected chi connectivity index (χ0v) is 9.17. The van der Waals surface area contributed by atoms with E-state index < -0.39 is 0 Å². The Labute approximate surface area is 92.8 Å². The van der Waals surface area contributed by atoms with E-state index in [0.29, 0.717) is 11.1 Å². The van der Waals surface area contributed by atoms with Gasteiger partial charge < -0.3 is 4.98 Å². The van der Waals surface area contributed by atoms with E-state index in [1.807, 2.05) is 6.92 Å². The van der Waals surface area contributed by atoms with Crippen molar-refractivity contribution in [1.82, 2.24) is 4.98 Å². The molecule has 2 aromatic rings. The Bertz CT molecular complexity index is 587. The van der Waals surface area contributed by atoms with Crippen LogP contribution in [0.1, 0.15) is 11.3 Å². The lowest BCUT2D eigenvalue weighted by molar-refractivity contribution is 0.630. The lowest BCUT2D eigenvalue weighted by Gasteiger charge is -2.04. The average molecular weight is 217 g/mol. The number of halogens is 1. The molecule has 0 amide bonds. The Kier molecular flexibility index (Phi) is 2.60. The summed E-state index contributed by atoms with van der Waals surface area (Å²) in [6, 6.07) is 8.24. The van der Waals surface area contributed by atoms with Crippen LogP contribution >= 0.6 is 0 Å². The van der Waals surface area contributed by atoms with Gasteiger partial charge in [-0.2, -0.15) is 0 Å². The van der Waals surface area contributed by atoms with E-state index in [-0.39, 0.29) is 11.4 Å². The highest BCUT2D eigenvalue weighted by molar-refractivity contribution is 5.63. The number of hydrogen-bond acceptors (Lipinski definition) is 1. The average Bonchev–Trinajstić information content (AvgIpc) is 2.19. The smallest absolute Gasteiger partial charge is 0.256 e. The van der Waals surface area contributed by atoms with Crippen LogP contribution in [-0.4, -0.2) is 4.98 Å². The third-order valence-corrected chi connectivity index (χ3v) is 2.47. The Hall–Kier alpha value is -1.90. The molecule has 1 N–H and O–H groups in total. The number of nitrogens with one attached hydrogen (secondary N) is 1. The van der Waals surface area contributed by atoms with E-state index >= 15 is 0 Å². The predicted molar refractivity (Wildman–Crippen MR) is 61.9 cm³/mol. The summed E-state index contributed by atoms with van der Waals surface area (Å²) < 4.78 is 13.7. The number of pyridine rings is 1. The highest BCUT2D eigenvalue weighted by Gasteiger charge is 2.08. The van der Waals surface area contributed by atoms with Crippen molar-refractivity contribution in [2.45, 2.75) is 13.8 Å². The summed E-state index contributed by atoms with van der Waals surface area (Å²) in [4.78, 5) is 14.3. The van der Waals surface area contributed by atoms with Crippen molar-refractivity contribution in [3.63, 3.8) is 0 Å². The number of aromatic amines is 1. The van der Waals surface area contributed by atoms with Gasteiger partial charge in [0.05, 0.1) is 0 Å². The minimum atomic E-state index is -0.366. The fraction of sp³-hybridized carbons (Fsp3) is 0.154. The lowest BCUT2D eigenvalue weighted by Crippen LogP contribution is -2.10. The van der Waals surface area contributed by atoms with Crippen molar-refractivity contribution in [3.05, 3.63) is 57.8 Å². The van der Waals surface area contributed by atoms with Gasteiger partial charge in [-0.3, -0.25) is 4.79 Å². The molecular formula is C13H12FNO. The van der Waals surface area contributed by atoms with Gasteiger partial charge in [-0.1, -0.05) is 12.1 Å². The molecule has 0 radical (unpaired) electrons. The van der Waals surface area contributed by atoms with Gasteiger partial charge in [0.25, 0.3) is 5.56 Å². The molecule has 0 atom stereocenters. The van der Waals surface area contributed by atoms with Gasteiger partial charge in [-0.25, -0.2) is 4.39 Å². The van der Waals surface area contributed by atoms with Crippen LogP contribution in [0.3, 0.4) is 0 Å². The Morgan fingerprint density at radius 3 is 2.38 bits per heavy atom. The molecule has 0 saturated heterocycles. The molecule has 0 aliphatic rings. The Balaban J connectivity index is 2.63. The minimum absolute atomic E-state index is 0.261.